The number of hydrogen-bond acceptors (Lipinski definition) is 9. The lowest BCUT2D eigenvalue weighted by molar-refractivity contribution is 0.0271. The van der Waals surface area contributed by atoms with E-state index >= 15 is 0 Å². The number of carbonyl (C=O) groups excluding carboxylic acids is 1. The zero-order chi connectivity index (χ0) is 14.8. The highest BCUT2D eigenvalue weighted by molar-refractivity contribution is 7.12. The van der Waals surface area contributed by atoms with Gasteiger partial charge in [0.25, 0.3) is 5.89 Å². The van der Waals surface area contributed by atoms with Gasteiger partial charge in [0, 0.05) is 0 Å². The van der Waals surface area contributed by atoms with Gasteiger partial charge in [0.2, 0.25) is 0 Å². The first-order valence-corrected chi connectivity index (χ1v) is 6.85. The van der Waals surface area contributed by atoms with Gasteiger partial charge < -0.3 is 9.26 Å². The predicted octanol–water partition coefficient (Wildman–Crippen LogP) is 1.33. The van der Waals surface area contributed by atoms with Gasteiger partial charge in [-0.15, -0.1) is 16.4 Å². The van der Waals surface area contributed by atoms with Crippen molar-refractivity contribution in [2.24, 2.45) is 0 Å². The van der Waals surface area contributed by atoms with E-state index in [4.69, 9.17) is 9.26 Å². The second kappa shape index (κ2) is 5.40. The topological polar surface area (TPSA) is 109 Å². The summed E-state index contributed by atoms with van der Waals surface area (Å²) in [4.78, 5) is 16.7. The minimum absolute atomic E-state index is 0.251. The molecule has 3 aromatic heterocycles. The zero-order valence-electron chi connectivity index (χ0n) is 11.1. The molecule has 9 nitrogen and oxygen atoms in total. The first-order valence-electron chi connectivity index (χ1n) is 5.97. The van der Waals surface area contributed by atoms with Crippen molar-refractivity contribution >= 4 is 17.3 Å². The van der Waals surface area contributed by atoms with Gasteiger partial charge in [-0.3, -0.25) is 0 Å². The van der Waals surface area contributed by atoms with E-state index in [2.05, 4.69) is 25.7 Å². The van der Waals surface area contributed by atoms with Crippen LogP contribution in [0.1, 0.15) is 34.4 Å². The number of thiophene rings is 1. The van der Waals surface area contributed by atoms with E-state index in [9.17, 15) is 4.79 Å². The Morgan fingerprint density at radius 3 is 3.05 bits per heavy atom. The SMILES string of the molecule is Cc1noc(C(C)OC(=O)c2sccc2-n2cnnn2)n1. The first-order chi connectivity index (χ1) is 10.1. The lowest BCUT2D eigenvalue weighted by atomic mass is 10.3. The highest BCUT2D eigenvalue weighted by atomic mass is 32.1. The van der Waals surface area contributed by atoms with E-state index < -0.39 is 12.1 Å². The molecule has 0 radical (unpaired) electrons. The van der Waals surface area contributed by atoms with Crippen LogP contribution in [0.4, 0.5) is 0 Å². The molecule has 0 aromatic carbocycles. The molecule has 21 heavy (non-hydrogen) atoms. The van der Waals surface area contributed by atoms with Crippen molar-refractivity contribution in [1.29, 1.82) is 0 Å². The minimum atomic E-state index is -0.637. The van der Waals surface area contributed by atoms with Crippen LogP contribution in [-0.4, -0.2) is 36.3 Å². The Hall–Kier alpha value is -2.62. The molecule has 0 aliphatic heterocycles. The second-order valence-electron chi connectivity index (χ2n) is 4.12. The van der Waals surface area contributed by atoms with Crippen molar-refractivity contribution in [2.45, 2.75) is 20.0 Å². The molecule has 3 rings (SSSR count). The van der Waals surface area contributed by atoms with Gasteiger partial charge in [-0.25, -0.2) is 4.79 Å². The maximum Gasteiger partial charge on any atom is 0.351 e. The average Bonchev–Trinajstić information content (AvgIpc) is 3.19. The van der Waals surface area contributed by atoms with Crippen LogP contribution in [0.3, 0.4) is 0 Å². The second-order valence-corrected chi connectivity index (χ2v) is 5.03. The molecular weight excluding hydrogens is 296 g/mol. The fourth-order valence-corrected chi connectivity index (χ4v) is 2.41. The molecule has 108 valence electrons. The smallest absolute Gasteiger partial charge is 0.351 e. The zero-order valence-corrected chi connectivity index (χ0v) is 11.9. The average molecular weight is 306 g/mol. The van der Waals surface area contributed by atoms with Crippen LogP contribution >= 0.6 is 11.3 Å². The van der Waals surface area contributed by atoms with E-state index in [1.807, 2.05) is 0 Å². The van der Waals surface area contributed by atoms with Crippen LogP contribution < -0.4 is 0 Å². The van der Waals surface area contributed by atoms with E-state index in [0.717, 1.165) is 0 Å². The highest BCUT2D eigenvalue weighted by Gasteiger charge is 2.22. The molecular formula is C11H10N6O3S. The van der Waals surface area contributed by atoms with Crippen LogP contribution in [0.5, 0.6) is 0 Å². The van der Waals surface area contributed by atoms with Crippen molar-refractivity contribution in [3.05, 3.63) is 34.4 Å². The third-order valence-electron chi connectivity index (χ3n) is 2.60. The quantitative estimate of drug-likeness (QED) is 0.664. The minimum Gasteiger partial charge on any atom is -0.448 e. The van der Waals surface area contributed by atoms with Gasteiger partial charge in [0.05, 0.1) is 5.69 Å². The number of rotatable bonds is 4. The van der Waals surface area contributed by atoms with Crippen LogP contribution in [0.2, 0.25) is 0 Å². The predicted molar refractivity (Wildman–Crippen MR) is 69.9 cm³/mol. The number of nitrogens with zero attached hydrogens (tertiary/aromatic N) is 6. The Bertz CT molecular complexity index is 750. The molecule has 0 bridgehead atoms. The fourth-order valence-electron chi connectivity index (χ4n) is 1.65. The Labute approximate surface area is 122 Å². The van der Waals surface area contributed by atoms with E-state index in [1.54, 1.807) is 25.3 Å². The summed E-state index contributed by atoms with van der Waals surface area (Å²) in [7, 11) is 0. The number of aromatic nitrogens is 6. The first kappa shape index (κ1) is 13.4. The Balaban J connectivity index is 1.79. The monoisotopic (exact) mass is 306 g/mol. The van der Waals surface area contributed by atoms with Crippen molar-refractivity contribution < 1.29 is 14.1 Å². The number of esters is 1. The standard InChI is InChI=1S/C11H10N6O3S/c1-6(10-13-7(2)14-20-10)19-11(18)9-8(3-4-21-9)17-5-12-15-16-17/h3-6H,1-2H3. The Morgan fingerprint density at radius 2 is 2.38 bits per heavy atom. The molecule has 3 aromatic rings. The van der Waals surface area contributed by atoms with Crippen LogP contribution in [0, 0.1) is 6.92 Å². The summed E-state index contributed by atoms with van der Waals surface area (Å²) in [5.41, 5.74) is 0.559. The van der Waals surface area contributed by atoms with Crippen molar-refractivity contribution in [1.82, 2.24) is 30.3 Å². The molecule has 10 heteroatoms. The largest absolute Gasteiger partial charge is 0.448 e. The van der Waals surface area contributed by atoms with E-state index in [1.165, 1.54) is 22.3 Å². The lowest BCUT2D eigenvalue weighted by Gasteiger charge is -2.09. The molecule has 0 aliphatic carbocycles. The number of tetrazole rings is 1. The van der Waals surface area contributed by atoms with Crippen LogP contribution in [-0.2, 0) is 4.74 Å². The van der Waals surface area contributed by atoms with Gasteiger partial charge in [0.1, 0.15) is 11.2 Å². The highest BCUT2D eigenvalue weighted by Crippen LogP contribution is 2.24. The van der Waals surface area contributed by atoms with Gasteiger partial charge >= 0.3 is 5.97 Å². The van der Waals surface area contributed by atoms with Gasteiger partial charge in [-0.1, -0.05) is 5.16 Å². The van der Waals surface area contributed by atoms with E-state index in [0.29, 0.717) is 16.4 Å². The maximum atomic E-state index is 12.2. The number of ether oxygens (including phenoxy) is 1. The lowest BCUT2D eigenvalue weighted by Crippen LogP contribution is -2.11. The number of carbonyl (C=O) groups is 1. The third kappa shape index (κ3) is 2.65. The molecule has 0 saturated heterocycles. The molecule has 3 heterocycles. The summed E-state index contributed by atoms with van der Waals surface area (Å²) >= 11 is 1.24. The summed E-state index contributed by atoms with van der Waals surface area (Å²) in [6.07, 6.45) is 0.770. The Kier molecular flexibility index (Phi) is 3.44. The molecule has 1 unspecified atom stereocenters. The van der Waals surface area contributed by atoms with Crippen molar-refractivity contribution in [3.63, 3.8) is 0 Å². The summed E-state index contributed by atoms with van der Waals surface area (Å²) in [5.74, 6) is 0.235. The molecule has 1 atom stereocenters. The number of aryl methyl sites for hydroxylation is 1. The third-order valence-corrected chi connectivity index (χ3v) is 3.48. The van der Waals surface area contributed by atoms with Gasteiger partial charge in [0.15, 0.2) is 11.9 Å². The Morgan fingerprint density at radius 1 is 1.52 bits per heavy atom. The summed E-state index contributed by atoms with van der Waals surface area (Å²) in [6.45, 7) is 3.35. The molecule has 0 saturated carbocycles. The van der Waals surface area contributed by atoms with Crippen molar-refractivity contribution in [2.75, 3.05) is 0 Å². The van der Waals surface area contributed by atoms with Crippen LogP contribution in [0.15, 0.2) is 22.3 Å². The van der Waals surface area contributed by atoms with E-state index in [-0.39, 0.29) is 5.89 Å². The maximum absolute atomic E-state index is 12.2. The fraction of sp³-hybridized carbons (Fsp3) is 0.273. The summed E-state index contributed by atoms with van der Waals surface area (Å²) in [6, 6.07) is 1.74. The normalized spacial score (nSPS) is 12.3. The number of hydrogen-bond donors (Lipinski definition) is 0. The molecule has 0 N–H and O–H groups in total. The van der Waals surface area contributed by atoms with Gasteiger partial charge in [-0.05, 0) is 35.7 Å². The molecule has 0 aliphatic rings. The molecule has 0 spiro atoms. The van der Waals surface area contributed by atoms with Crippen molar-refractivity contribution in [3.8, 4) is 5.69 Å². The molecule has 0 amide bonds. The summed E-state index contributed by atoms with van der Waals surface area (Å²) < 4.78 is 11.7. The molecule has 0 fully saturated rings. The summed E-state index contributed by atoms with van der Waals surface area (Å²) in [5, 5.41) is 16.3. The van der Waals surface area contributed by atoms with Gasteiger partial charge in [-0.2, -0.15) is 9.67 Å². The van der Waals surface area contributed by atoms with Crippen LogP contribution in [0.25, 0.3) is 5.69 Å².